The van der Waals surface area contributed by atoms with Crippen LogP contribution in [0.2, 0.25) is 0 Å². The average molecular weight is 464 g/mol. The molecule has 1 N–H and O–H groups in total. The number of alkyl carbamates (subject to hydrolysis) is 1. The highest BCUT2D eigenvalue weighted by molar-refractivity contribution is 8.14. The van der Waals surface area contributed by atoms with Gasteiger partial charge >= 0.3 is 13.2 Å². The summed E-state index contributed by atoms with van der Waals surface area (Å²) in [6.07, 6.45) is -0.551. The predicted octanol–water partition coefficient (Wildman–Crippen LogP) is 4.47. The van der Waals surface area contributed by atoms with Gasteiger partial charge in [0.15, 0.2) is 5.17 Å². The van der Waals surface area contributed by atoms with E-state index in [0.29, 0.717) is 10.7 Å². The number of benzene rings is 1. The summed E-state index contributed by atoms with van der Waals surface area (Å²) in [6.45, 7) is 15.5. The summed E-state index contributed by atoms with van der Waals surface area (Å²) >= 11 is 1.43. The molecule has 176 valence electrons. The Morgan fingerprint density at radius 3 is 2.34 bits per heavy atom. The van der Waals surface area contributed by atoms with E-state index in [-0.39, 0.29) is 22.9 Å². The van der Waals surface area contributed by atoms with Crippen LogP contribution in [0, 0.1) is 11.7 Å². The molecule has 0 spiro atoms. The van der Waals surface area contributed by atoms with Crippen molar-refractivity contribution in [1.29, 1.82) is 0 Å². The molecule has 32 heavy (non-hydrogen) atoms. The van der Waals surface area contributed by atoms with Crippen molar-refractivity contribution >= 4 is 35.6 Å². The van der Waals surface area contributed by atoms with Gasteiger partial charge in [0, 0.05) is 18.2 Å². The maximum Gasteiger partial charge on any atom is 0.494 e. The van der Waals surface area contributed by atoms with Gasteiger partial charge in [-0.15, -0.1) is 0 Å². The van der Waals surface area contributed by atoms with E-state index in [4.69, 9.17) is 14.0 Å². The summed E-state index contributed by atoms with van der Waals surface area (Å²) in [4.78, 5) is 16.3. The van der Waals surface area contributed by atoms with Crippen molar-refractivity contribution in [2.45, 2.75) is 83.4 Å². The number of ether oxygens (including phenoxy) is 1. The van der Waals surface area contributed by atoms with E-state index < -0.39 is 30.0 Å². The zero-order valence-electron chi connectivity index (χ0n) is 20.4. The van der Waals surface area contributed by atoms with Gasteiger partial charge in [-0.1, -0.05) is 30.8 Å². The Balaban J connectivity index is 1.71. The molecule has 0 bridgehead atoms. The zero-order chi connectivity index (χ0) is 24.1. The van der Waals surface area contributed by atoms with Gasteiger partial charge in [-0.05, 0) is 71.5 Å². The highest BCUT2D eigenvalue weighted by atomic mass is 32.2. The van der Waals surface area contributed by atoms with Crippen LogP contribution < -0.4 is 10.8 Å². The summed E-state index contributed by atoms with van der Waals surface area (Å²) < 4.78 is 32.4. The summed E-state index contributed by atoms with van der Waals surface area (Å²) in [5.41, 5.74) is -0.0802. The molecule has 1 aliphatic heterocycles. The van der Waals surface area contributed by atoms with Crippen LogP contribution in [-0.4, -0.2) is 47.5 Å². The minimum atomic E-state index is -0.597. The van der Waals surface area contributed by atoms with Crippen LogP contribution in [-0.2, 0) is 14.0 Å². The van der Waals surface area contributed by atoms with Crippen molar-refractivity contribution in [1.82, 2.24) is 5.32 Å². The minimum absolute atomic E-state index is 0.000407. The van der Waals surface area contributed by atoms with Gasteiger partial charge in [-0.25, -0.2) is 9.18 Å². The van der Waals surface area contributed by atoms with Gasteiger partial charge in [0.25, 0.3) is 0 Å². The van der Waals surface area contributed by atoms with Crippen molar-refractivity contribution in [2.24, 2.45) is 10.9 Å². The number of hydrogen-bond donors (Lipinski definition) is 1. The number of amides is 1. The molecular weight excluding hydrogens is 430 g/mol. The van der Waals surface area contributed by atoms with Crippen LogP contribution in [0.15, 0.2) is 23.2 Å². The number of nitrogens with one attached hydrogen (secondary N) is 1. The van der Waals surface area contributed by atoms with E-state index in [0.717, 1.165) is 5.46 Å². The van der Waals surface area contributed by atoms with Crippen molar-refractivity contribution in [3.63, 3.8) is 0 Å². The van der Waals surface area contributed by atoms with E-state index in [1.165, 1.54) is 17.8 Å². The molecule has 1 aromatic rings. The highest BCUT2D eigenvalue weighted by Gasteiger charge is 2.53. The molecule has 1 heterocycles. The average Bonchev–Trinajstić information content (AvgIpc) is 3.19. The van der Waals surface area contributed by atoms with Gasteiger partial charge in [-0.3, -0.25) is 10.3 Å². The molecule has 1 saturated carbocycles. The lowest BCUT2D eigenvalue weighted by molar-refractivity contribution is 0.00578. The number of hydrogen-bond acceptors (Lipinski definition) is 6. The second kappa shape index (κ2) is 8.65. The Hall–Kier alpha value is -1.58. The monoisotopic (exact) mass is 464 g/mol. The number of thioether (sulfide) groups is 1. The number of aliphatic imine (C=N–C) groups is 1. The van der Waals surface area contributed by atoms with Crippen LogP contribution in [0.1, 0.15) is 66.9 Å². The Morgan fingerprint density at radius 2 is 1.81 bits per heavy atom. The molecule has 1 aromatic carbocycles. The topological polar surface area (TPSA) is 69.2 Å². The second-order valence-electron chi connectivity index (χ2n) is 10.5. The van der Waals surface area contributed by atoms with E-state index >= 15 is 0 Å². The van der Waals surface area contributed by atoms with Crippen LogP contribution in [0.4, 0.5) is 9.18 Å². The molecule has 1 amide bonds. The van der Waals surface area contributed by atoms with Crippen LogP contribution in [0.3, 0.4) is 0 Å². The van der Waals surface area contributed by atoms with Crippen molar-refractivity contribution < 1.29 is 23.2 Å². The number of carbonyl (C=O) groups is 1. The molecule has 0 aromatic heterocycles. The maximum absolute atomic E-state index is 14.8. The largest absolute Gasteiger partial charge is 0.494 e. The molecule has 2 unspecified atom stereocenters. The van der Waals surface area contributed by atoms with Crippen LogP contribution >= 0.6 is 11.8 Å². The third-order valence-corrected chi connectivity index (χ3v) is 7.76. The first kappa shape index (κ1) is 25.1. The molecular formula is C23H34BFN2O4S. The fourth-order valence-electron chi connectivity index (χ4n) is 3.67. The minimum Gasteiger partial charge on any atom is -0.444 e. The molecule has 3 rings (SSSR count). The predicted molar refractivity (Wildman–Crippen MR) is 128 cm³/mol. The summed E-state index contributed by atoms with van der Waals surface area (Å²) in [7, 11) is 1.07. The molecule has 0 radical (unpaired) electrons. The lowest BCUT2D eigenvalue weighted by Crippen LogP contribution is -2.41. The van der Waals surface area contributed by atoms with E-state index in [1.54, 1.807) is 33.9 Å². The fraction of sp³-hybridized carbons (Fsp3) is 0.652. The Bertz CT molecular complexity index is 900. The van der Waals surface area contributed by atoms with E-state index in [1.807, 2.05) is 33.8 Å². The molecule has 2 aliphatic rings. The Labute approximate surface area is 195 Å². The normalized spacial score (nSPS) is 26.8. The molecule has 3 atom stereocenters. The number of amidine groups is 1. The van der Waals surface area contributed by atoms with Crippen molar-refractivity contribution in [3.8, 4) is 0 Å². The number of rotatable bonds is 3. The lowest BCUT2D eigenvalue weighted by Gasteiger charge is -2.32. The second-order valence-corrected chi connectivity index (χ2v) is 11.7. The quantitative estimate of drug-likeness (QED) is 0.406. The van der Waals surface area contributed by atoms with Crippen molar-refractivity contribution in [3.05, 3.63) is 29.6 Å². The SMILES string of the molecule is CN=C(NC(=O)OC(C)(C)C)SC1C(c2cc(B3OC(C)(C)C(C)(C)O3)ccc2F)[C@@H]1C. The number of nitrogens with zero attached hydrogens (tertiary/aromatic N) is 1. The standard InChI is InChI=1S/C23H34BFN2O4S/c1-13-17(18(13)32-19(26-9)27-20(28)29-21(2,3)4)15-12-14(10-11-16(15)25)24-30-22(5,6)23(7,8)31-24/h10-13,17-18H,1-9H3,(H,26,27,28)/t13-,17?,18?/m0/s1. The Kier molecular flexibility index (Phi) is 6.77. The third kappa shape index (κ3) is 5.31. The first-order chi connectivity index (χ1) is 14.6. The van der Waals surface area contributed by atoms with Crippen LogP contribution in [0.25, 0.3) is 0 Å². The highest BCUT2D eigenvalue weighted by Crippen LogP contribution is 2.55. The van der Waals surface area contributed by atoms with Gasteiger partial charge in [0.05, 0.1) is 11.2 Å². The van der Waals surface area contributed by atoms with Crippen molar-refractivity contribution in [2.75, 3.05) is 7.05 Å². The molecule has 9 heteroatoms. The van der Waals surface area contributed by atoms with E-state index in [2.05, 4.69) is 17.2 Å². The molecule has 2 fully saturated rings. The molecule has 1 aliphatic carbocycles. The van der Waals surface area contributed by atoms with Gasteiger partial charge in [0.1, 0.15) is 11.4 Å². The smallest absolute Gasteiger partial charge is 0.444 e. The first-order valence-corrected chi connectivity index (χ1v) is 11.8. The number of carbonyl (C=O) groups excluding carboxylic acids is 1. The maximum atomic E-state index is 14.8. The summed E-state index contributed by atoms with van der Waals surface area (Å²) in [5, 5.41) is 3.24. The van der Waals surface area contributed by atoms with Gasteiger partial charge in [0.2, 0.25) is 0 Å². The first-order valence-electron chi connectivity index (χ1n) is 10.9. The third-order valence-electron chi connectivity index (χ3n) is 6.26. The molecule has 1 saturated heterocycles. The van der Waals surface area contributed by atoms with E-state index in [9.17, 15) is 9.18 Å². The zero-order valence-corrected chi connectivity index (χ0v) is 21.2. The molecule has 6 nitrogen and oxygen atoms in total. The Morgan fingerprint density at radius 1 is 1.22 bits per heavy atom. The number of halogens is 1. The fourth-order valence-corrected chi connectivity index (χ4v) is 5.01. The summed E-state index contributed by atoms with van der Waals surface area (Å²) in [6, 6.07) is 5.05. The van der Waals surface area contributed by atoms with Gasteiger partial charge in [-0.2, -0.15) is 0 Å². The van der Waals surface area contributed by atoms with Crippen LogP contribution in [0.5, 0.6) is 0 Å². The van der Waals surface area contributed by atoms with Gasteiger partial charge < -0.3 is 14.0 Å². The summed E-state index contributed by atoms with van der Waals surface area (Å²) in [5.74, 6) is -0.0277. The lowest BCUT2D eigenvalue weighted by atomic mass is 9.78.